The summed E-state index contributed by atoms with van der Waals surface area (Å²) in [6.07, 6.45) is 7.92. The molecule has 114 valence electrons. The summed E-state index contributed by atoms with van der Waals surface area (Å²) in [5.41, 5.74) is 1.79. The van der Waals surface area contributed by atoms with Gasteiger partial charge < -0.3 is 9.72 Å². The van der Waals surface area contributed by atoms with Crippen molar-refractivity contribution in [1.29, 1.82) is 0 Å². The SMILES string of the molecule is CNc1nc(C2CCCCN2S(C)(=O)=O)cn2cccc12. The Bertz CT molecular complexity index is 753. The van der Waals surface area contributed by atoms with Crippen molar-refractivity contribution < 1.29 is 8.42 Å². The summed E-state index contributed by atoms with van der Waals surface area (Å²) in [6.45, 7) is 0.573. The first-order valence-corrected chi connectivity index (χ1v) is 8.98. The molecule has 2 aromatic heterocycles. The summed E-state index contributed by atoms with van der Waals surface area (Å²) in [6, 6.07) is 3.77. The highest BCUT2D eigenvalue weighted by Crippen LogP contribution is 2.32. The number of nitrogens with one attached hydrogen (secondary N) is 1. The number of piperidine rings is 1. The van der Waals surface area contributed by atoms with Crippen molar-refractivity contribution in [2.75, 3.05) is 25.2 Å². The number of rotatable bonds is 3. The van der Waals surface area contributed by atoms with E-state index in [-0.39, 0.29) is 6.04 Å². The molecule has 1 unspecified atom stereocenters. The predicted octanol–water partition coefficient (Wildman–Crippen LogP) is 1.86. The number of aromatic nitrogens is 2. The maximum absolute atomic E-state index is 12.0. The van der Waals surface area contributed by atoms with Crippen molar-refractivity contribution in [1.82, 2.24) is 13.7 Å². The van der Waals surface area contributed by atoms with Crippen LogP contribution in [0.3, 0.4) is 0 Å². The molecule has 3 heterocycles. The Labute approximate surface area is 124 Å². The van der Waals surface area contributed by atoms with E-state index >= 15 is 0 Å². The van der Waals surface area contributed by atoms with Crippen molar-refractivity contribution in [2.24, 2.45) is 0 Å². The number of anilines is 1. The Hall–Kier alpha value is -1.60. The third-order valence-electron chi connectivity index (χ3n) is 3.99. The van der Waals surface area contributed by atoms with Gasteiger partial charge in [0.15, 0.2) is 0 Å². The number of hydrogen-bond acceptors (Lipinski definition) is 4. The van der Waals surface area contributed by atoms with Gasteiger partial charge in [-0.25, -0.2) is 13.4 Å². The fraction of sp³-hybridized carbons (Fsp3) is 0.500. The lowest BCUT2D eigenvalue weighted by molar-refractivity contribution is 0.252. The average Bonchev–Trinajstić information content (AvgIpc) is 2.93. The van der Waals surface area contributed by atoms with E-state index in [0.29, 0.717) is 6.54 Å². The zero-order chi connectivity index (χ0) is 15.0. The molecule has 0 aliphatic carbocycles. The van der Waals surface area contributed by atoms with Gasteiger partial charge in [0.1, 0.15) is 5.82 Å². The Morgan fingerprint density at radius 1 is 1.38 bits per heavy atom. The van der Waals surface area contributed by atoms with Crippen LogP contribution in [0.25, 0.3) is 5.52 Å². The zero-order valence-electron chi connectivity index (χ0n) is 12.3. The van der Waals surface area contributed by atoms with Gasteiger partial charge in [-0.15, -0.1) is 0 Å². The van der Waals surface area contributed by atoms with Crippen LogP contribution in [0.5, 0.6) is 0 Å². The van der Waals surface area contributed by atoms with Crippen LogP contribution >= 0.6 is 0 Å². The molecule has 6 nitrogen and oxygen atoms in total. The molecule has 0 bridgehead atoms. The third kappa shape index (κ3) is 2.63. The third-order valence-corrected chi connectivity index (χ3v) is 5.28. The van der Waals surface area contributed by atoms with Crippen LogP contribution in [0.4, 0.5) is 5.82 Å². The molecule has 0 amide bonds. The fourth-order valence-corrected chi connectivity index (χ4v) is 4.14. The molecule has 1 aliphatic heterocycles. The first kappa shape index (κ1) is 14.3. The molecule has 1 fully saturated rings. The van der Waals surface area contributed by atoms with Crippen LogP contribution in [0, 0.1) is 0 Å². The van der Waals surface area contributed by atoms with Gasteiger partial charge >= 0.3 is 0 Å². The molecule has 0 radical (unpaired) electrons. The molecule has 3 rings (SSSR count). The molecule has 1 atom stereocenters. The summed E-state index contributed by atoms with van der Waals surface area (Å²) >= 11 is 0. The molecule has 21 heavy (non-hydrogen) atoms. The van der Waals surface area contributed by atoms with Gasteiger partial charge in [-0.1, -0.05) is 6.42 Å². The number of fused-ring (bicyclic) bond motifs is 1. The molecule has 0 saturated carbocycles. The van der Waals surface area contributed by atoms with Gasteiger partial charge in [0, 0.05) is 26.0 Å². The van der Waals surface area contributed by atoms with E-state index in [1.54, 1.807) is 4.31 Å². The van der Waals surface area contributed by atoms with Gasteiger partial charge in [0.25, 0.3) is 0 Å². The highest BCUT2D eigenvalue weighted by Gasteiger charge is 2.32. The van der Waals surface area contributed by atoms with E-state index in [0.717, 1.165) is 36.3 Å². The molecule has 1 N–H and O–H groups in total. The molecule has 7 heteroatoms. The van der Waals surface area contributed by atoms with E-state index in [4.69, 9.17) is 0 Å². The van der Waals surface area contributed by atoms with Gasteiger partial charge in [-0.3, -0.25) is 0 Å². The molecule has 0 spiro atoms. The molecule has 1 aliphatic rings. The van der Waals surface area contributed by atoms with E-state index in [1.165, 1.54) is 6.26 Å². The monoisotopic (exact) mass is 308 g/mol. The van der Waals surface area contributed by atoms with E-state index in [2.05, 4.69) is 10.3 Å². The number of sulfonamides is 1. The molecule has 1 saturated heterocycles. The van der Waals surface area contributed by atoms with E-state index in [9.17, 15) is 8.42 Å². The normalized spacial score (nSPS) is 20.8. The van der Waals surface area contributed by atoms with Crippen LogP contribution in [0.2, 0.25) is 0 Å². The van der Waals surface area contributed by atoms with Crippen LogP contribution in [0.15, 0.2) is 24.5 Å². The Morgan fingerprint density at radius 3 is 2.90 bits per heavy atom. The van der Waals surface area contributed by atoms with Crippen molar-refractivity contribution >= 4 is 21.4 Å². The second-order valence-corrected chi connectivity index (χ2v) is 7.39. The van der Waals surface area contributed by atoms with Crippen LogP contribution in [-0.2, 0) is 10.0 Å². The minimum atomic E-state index is -3.22. The number of nitrogens with zero attached hydrogens (tertiary/aromatic N) is 3. The first-order valence-electron chi connectivity index (χ1n) is 7.13. The van der Waals surface area contributed by atoms with Gasteiger partial charge in [0.2, 0.25) is 10.0 Å². The van der Waals surface area contributed by atoms with Gasteiger partial charge in [-0.05, 0) is 25.0 Å². The maximum atomic E-state index is 12.0. The highest BCUT2D eigenvalue weighted by atomic mass is 32.2. The van der Waals surface area contributed by atoms with Crippen molar-refractivity contribution in [3.8, 4) is 0 Å². The lowest BCUT2D eigenvalue weighted by atomic mass is 10.0. The molecular weight excluding hydrogens is 288 g/mol. The lowest BCUT2D eigenvalue weighted by Crippen LogP contribution is -2.38. The van der Waals surface area contributed by atoms with Crippen LogP contribution < -0.4 is 5.32 Å². The second kappa shape index (κ2) is 5.31. The fourth-order valence-electron chi connectivity index (χ4n) is 3.01. The zero-order valence-corrected chi connectivity index (χ0v) is 13.1. The maximum Gasteiger partial charge on any atom is 0.211 e. The van der Waals surface area contributed by atoms with Crippen LogP contribution in [0.1, 0.15) is 31.0 Å². The smallest absolute Gasteiger partial charge is 0.211 e. The largest absolute Gasteiger partial charge is 0.371 e. The summed E-state index contributed by atoms with van der Waals surface area (Å²) in [7, 11) is -1.39. The first-order chi connectivity index (χ1) is 10.0. The van der Waals surface area contributed by atoms with Gasteiger partial charge in [-0.2, -0.15) is 4.31 Å². The quantitative estimate of drug-likeness (QED) is 0.940. The molecule has 0 aromatic carbocycles. The summed E-state index contributed by atoms with van der Waals surface area (Å²) in [5.74, 6) is 0.775. The van der Waals surface area contributed by atoms with Crippen LogP contribution in [-0.4, -0.2) is 42.0 Å². The van der Waals surface area contributed by atoms with E-state index < -0.39 is 10.0 Å². The summed E-state index contributed by atoms with van der Waals surface area (Å²) in [5, 5.41) is 3.09. The Kier molecular flexibility index (Phi) is 3.62. The standard InChI is InChI=1S/C14H20N4O2S/c1-15-14-13-7-5-8-17(13)10-11(16-14)12-6-3-4-9-18(12)21(2,19)20/h5,7-8,10,12H,3-4,6,9H2,1-2H3,(H,15,16). The van der Waals surface area contributed by atoms with Gasteiger partial charge in [0.05, 0.1) is 23.5 Å². The minimum Gasteiger partial charge on any atom is -0.371 e. The summed E-state index contributed by atoms with van der Waals surface area (Å²) < 4.78 is 27.6. The summed E-state index contributed by atoms with van der Waals surface area (Å²) in [4.78, 5) is 4.64. The topological polar surface area (TPSA) is 66.7 Å². The predicted molar refractivity (Wildman–Crippen MR) is 82.9 cm³/mol. The Balaban J connectivity index is 2.09. The minimum absolute atomic E-state index is 0.173. The van der Waals surface area contributed by atoms with Crippen molar-refractivity contribution in [2.45, 2.75) is 25.3 Å². The molecule has 2 aromatic rings. The number of hydrogen-bond donors (Lipinski definition) is 1. The van der Waals surface area contributed by atoms with E-state index in [1.807, 2.05) is 36.0 Å². The van der Waals surface area contributed by atoms with Crippen molar-refractivity contribution in [3.63, 3.8) is 0 Å². The molecular formula is C14H20N4O2S. The van der Waals surface area contributed by atoms with Crippen molar-refractivity contribution in [3.05, 3.63) is 30.2 Å². The highest BCUT2D eigenvalue weighted by molar-refractivity contribution is 7.88. The second-order valence-electron chi connectivity index (χ2n) is 5.45. The lowest BCUT2D eigenvalue weighted by Gasteiger charge is -2.33. The average molecular weight is 308 g/mol. The Morgan fingerprint density at radius 2 is 2.19 bits per heavy atom.